The van der Waals surface area contributed by atoms with Crippen LogP contribution < -0.4 is 0 Å². The Morgan fingerprint density at radius 1 is 1.27 bits per heavy atom. The summed E-state index contributed by atoms with van der Waals surface area (Å²) in [4.78, 5) is 12.1. The minimum atomic E-state index is -3.62. The van der Waals surface area contributed by atoms with E-state index < -0.39 is 33.4 Å². The Kier molecular flexibility index (Phi) is 6.11. The molecule has 0 aromatic carbocycles. The molecule has 1 aliphatic rings. The van der Waals surface area contributed by atoms with Gasteiger partial charge in [-0.05, 0) is 41.5 Å². The average Bonchev–Trinajstić information content (AvgIpc) is 2.80. The Labute approximate surface area is 158 Å². The zero-order chi connectivity index (χ0) is 19.8. The van der Waals surface area contributed by atoms with Gasteiger partial charge in [-0.2, -0.15) is 0 Å². The quantitative estimate of drug-likeness (QED) is 0.686. The van der Waals surface area contributed by atoms with Gasteiger partial charge in [-0.25, -0.2) is 8.42 Å². The fourth-order valence-corrected chi connectivity index (χ4v) is 5.23. The highest BCUT2D eigenvalue weighted by Gasteiger charge is 2.39. The van der Waals surface area contributed by atoms with E-state index >= 15 is 0 Å². The van der Waals surface area contributed by atoms with Crippen LogP contribution in [0.15, 0.2) is 4.34 Å². The lowest BCUT2D eigenvalue weighted by atomic mass is 10.1. The van der Waals surface area contributed by atoms with Gasteiger partial charge in [0.25, 0.3) is 0 Å². The summed E-state index contributed by atoms with van der Waals surface area (Å²) in [6, 6.07) is 0. The van der Waals surface area contributed by atoms with E-state index in [0.29, 0.717) is 5.01 Å². The highest BCUT2D eigenvalue weighted by atomic mass is 32.2. The van der Waals surface area contributed by atoms with Gasteiger partial charge < -0.3 is 14.2 Å². The number of hydrogen-bond acceptors (Lipinski definition) is 9. The largest absolute Gasteiger partial charge is 0.460 e. The molecule has 0 saturated carbocycles. The Hall–Kier alpha value is -1.10. The minimum Gasteiger partial charge on any atom is -0.460 e. The Morgan fingerprint density at radius 3 is 2.42 bits per heavy atom. The third-order valence-electron chi connectivity index (χ3n) is 3.42. The molecule has 1 saturated heterocycles. The maximum absolute atomic E-state index is 12.5. The third-order valence-corrected chi connectivity index (χ3v) is 6.49. The van der Waals surface area contributed by atoms with Crippen molar-refractivity contribution in [3.63, 3.8) is 0 Å². The lowest BCUT2D eigenvalue weighted by molar-refractivity contribution is -0.295. The number of aryl methyl sites for hydroxylation is 1. The number of carbonyl (C=O) groups excluding carboxylic acids is 1. The molecule has 1 aromatic heterocycles. The van der Waals surface area contributed by atoms with E-state index in [2.05, 4.69) is 10.2 Å². The summed E-state index contributed by atoms with van der Waals surface area (Å²) in [5.74, 6) is -1.62. The second-order valence-corrected chi connectivity index (χ2v) is 11.2. The van der Waals surface area contributed by atoms with Crippen molar-refractivity contribution in [2.75, 3.05) is 5.75 Å². The van der Waals surface area contributed by atoms with E-state index in [0.717, 1.165) is 11.3 Å². The maximum atomic E-state index is 12.5. The summed E-state index contributed by atoms with van der Waals surface area (Å²) in [6.07, 6.45) is -0.775. The van der Waals surface area contributed by atoms with E-state index in [-0.39, 0.29) is 28.9 Å². The van der Waals surface area contributed by atoms with Crippen LogP contribution in [0.3, 0.4) is 0 Å². The number of aromatic nitrogens is 2. The Bertz CT molecular complexity index is 751. The summed E-state index contributed by atoms with van der Waals surface area (Å²) in [6.45, 7) is 10.5. The van der Waals surface area contributed by atoms with Crippen LogP contribution in [-0.2, 0) is 28.8 Å². The van der Waals surface area contributed by atoms with Gasteiger partial charge in [-0.15, -0.1) is 10.2 Å². The molecule has 0 radical (unpaired) electrons. The minimum absolute atomic E-state index is 0.0217. The summed E-state index contributed by atoms with van der Waals surface area (Å²) in [5.41, 5.74) is -0.587. The molecule has 2 rings (SSSR count). The lowest BCUT2D eigenvalue weighted by Crippen LogP contribution is -2.47. The van der Waals surface area contributed by atoms with Crippen molar-refractivity contribution in [1.29, 1.82) is 0 Å². The fraction of sp³-hybridized carbons (Fsp3) is 0.812. The molecule has 0 amide bonds. The molecule has 0 bridgehead atoms. The van der Waals surface area contributed by atoms with Crippen molar-refractivity contribution in [1.82, 2.24) is 10.2 Å². The van der Waals surface area contributed by atoms with Crippen molar-refractivity contribution in [3.05, 3.63) is 5.01 Å². The molecule has 148 valence electrons. The third kappa shape index (κ3) is 6.26. The van der Waals surface area contributed by atoms with Gasteiger partial charge in [-0.1, -0.05) is 11.3 Å². The van der Waals surface area contributed by atoms with E-state index in [1.165, 1.54) is 0 Å². The van der Waals surface area contributed by atoms with Crippen LogP contribution in [0, 0.1) is 6.92 Å². The van der Waals surface area contributed by atoms with E-state index in [9.17, 15) is 13.2 Å². The highest BCUT2D eigenvalue weighted by molar-refractivity contribution is 7.93. The summed E-state index contributed by atoms with van der Waals surface area (Å²) < 4.78 is 41.9. The van der Waals surface area contributed by atoms with Crippen molar-refractivity contribution in [3.8, 4) is 0 Å². The molecule has 26 heavy (non-hydrogen) atoms. The zero-order valence-electron chi connectivity index (χ0n) is 15.9. The van der Waals surface area contributed by atoms with Crippen LogP contribution in [-0.4, -0.2) is 53.9 Å². The molecule has 0 spiro atoms. The molecule has 2 atom stereocenters. The van der Waals surface area contributed by atoms with Gasteiger partial charge in [0.2, 0.25) is 14.2 Å². The predicted octanol–water partition coefficient (Wildman–Crippen LogP) is 2.26. The highest BCUT2D eigenvalue weighted by Crippen LogP contribution is 2.31. The average molecular weight is 407 g/mol. The van der Waals surface area contributed by atoms with Crippen LogP contribution >= 0.6 is 11.3 Å². The monoisotopic (exact) mass is 406 g/mol. The molecule has 0 unspecified atom stereocenters. The molecule has 8 nitrogen and oxygen atoms in total. The van der Waals surface area contributed by atoms with E-state index in [4.69, 9.17) is 14.2 Å². The van der Waals surface area contributed by atoms with Gasteiger partial charge in [0.15, 0.2) is 5.79 Å². The number of esters is 1. The standard InChI is InChI=1S/C16H26N2O6S2/c1-10-17-18-14(25-10)26(20,21)9-12-7-11(22-16(5,6)23-12)8-13(19)24-15(2,3)4/h11-12H,7-9H2,1-6H3/t11-,12-/m0/s1. The molecule has 10 heteroatoms. The molecule has 1 fully saturated rings. The van der Waals surface area contributed by atoms with E-state index in [1.54, 1.807) is 41.5 Å². The number of hydrogen-bond donors (Lipinski definition) is 0. The van der Waals surface area contributed by atoms with Crippen molar-refractivity contribution >= 4 is 27.1 Å². The van der Waals surface area contributed by atoms with Crippen LogP contribution in [0.1, 0.15) is 52.5 Å². The summed E-state index contributed by atoms with van der Waals surface area (Å²) in [5, 5.41) is 8.06. The number of sulfone groups is 1. The number of ether oxygens (including phenoxy) is 3. The predicted molar refractivity (Wildman–Crippen MR) is 95.6 cm³/mol. The van der Waals surface area contributed by atoms with E-state index in [1.807, 2.05) is 0 Å². The second-order valence-electron chi connectivity index (χ2n) is 7.77. The summed E-state index contributed by atoms with van der Waals surface area (Å²) in [7, 11) is -3.62. The van der Waals surface area contributed by atoms with Crippen molar-refractivity contribution in [2.45, 2.75) is 82.3 Å². The van der Waals surface area contributed by atoms with Gasteiger partial charge in [0.1, 0.15) is 10.6 Å². The first-order valence-corrected chi connectivity index (χ1v) is 10.8. The van der Waals surface area contributed by atoms with Crippen molar-refractivity contribution < 1.29 is 27.4 Å². The fourth-order valence-electron chi connectivity index (χ4n) is 2.74. The van der Waals surface area contributed by atoms with Crippen LogP contribution in [0.5, 0.6) is 0 Å². The lowest BCUT2D eigenvalue weighted by Gasteiger charge is -2.40. The molecule has 0 aliphatic carbocycles. The molecular formula is C16H26N2O6S2. The van der Waals surface area contributed by atoms with Gasteiger partial charge in [0.05, 0.1) is 24.4 Å². The SMILES string of the molecule is Cc1nnc(S(=O)(=O)C[C@@H]2C[C@@H](CC(=O)OC(C)(C)C)OC(C)(C)O2)s1. The molecular weight excluding hydrogens is 380 g/mol. The first kappa shape index (κ1) is 21.2. The Balaban J connectivity index is 2.06. The van der Waals surface area contributed by atoms with Crippen LogP contribution in [0.25, 0.3) is 0 Å². The molecule has 1 aromatic rings. The first-order chi connectivity index (χ1) is 11.8. The molecule has 0 N–H and O–H groups in total. The second kappa shape index (κ2) is 7.49. The molecule has 2 heterocycles. The normalized spacial score (nSPS) is 23.6. The van der Waals surface area contributed by atoms with Gasteiger partial charge >= 0.3 is 5.97 Å². The van der Waals surface area contributed by atoms with Crippen molar-refractivity contribution in [2.24, 2.45) is 0 Å². The topological polar surface area (TPSA) is 105 Å². The number of carbonyl (C=O) groups is 1. The van der Waals surface area contributed by atoms with Gasteiger partial charge in [0, 0.05) is 6.42 Å². The van der Waals surface area contributed by atoms with Crippen LogP contribution in [0.2, 0.25) is 0 Å². The van der Waals surface area contributed by atoms with Crippen LogP contribution in [0.4, 0.5) is 0 Å². The number of nitrogens with zero attached hydrogens (tertiary/aromatic N) is 2. The summed E-state index contributed by atoms with van der Waals surface area (Å²) >= 11 is 1.03. The maximum Gasteiger partial charge on any atom is 0.308 e. The zero-order valence-corrected chi connectivity index (χ0v) is 17.6. The molecule has 1 aliphatic heterocycles. The van der Waals surface area contributed by atoms with Gasteiger partial charge in [-0.3, -0.25) is 4.79 Å². The number of rotatable bonds is 5. The first-order valence-electron chi connectivity index (χ1n) is 8.36. The Morgan fingerprint density at radius 2 is 1.88 bits per heavy atom. The smallest absolute Gasteiger partial charge is 0.308 e.